The first-order valence-electron chi connectivity index (χ1n) is 6.07. The van der Waals surface area contributed by atoms with Crippen LogP contribution in [0, 0.1) is 12.8 Å². The van der Waals surface area contributed by atoms with E-state index in [2.05, 4.69) is 4.98 Å². The summed E-state index contributed by atoms with van der Waals surface area (Å²) in [5, 5.41) is 9.14. The lowest BCUT2D eigenvalue weighted by Gasteiger charge is -2.28. The molecule has 1 amide bonds. The molecular weight excluding hydrogens is 252 g/mol. The first-order valence-corrected chi connectivity index (χ1v) is 6.07. The van der Waals surface area contributed by atoms with E-state index in [0.717, 1.165) is 0 Å². The van der Waals surface area contributed by atoms with Crippen molar-refractivity contribution in [3.8, 4) is 0 Å². The first-order chi connectivity index (χ1) is 9.06. The third-order valence-electron chi connectivity index (χ3n) is 3.31. The minimum Gasteiger partial charge on any atom is -0.481 e. The molecule has 0 aliphatic carbocycles. The van der Waals surface area contributed by atoms with Crippen LogP contribution < -0.4 is 0 Å². The van der Waals surface area contributed by atoms with Crippen molar-refractivity contribution < 1.29 is 23.8 Å². The zero-order chi connectivity index (χ0) is 14.0. The Bertz CT molecular complexity index is 484. The number of rotatable bonds is 4. The number of aliphatic carboxylic acids is 1. The molecule has 1 N–H and O–H groups in total. The van der Waals surface area contributed by atoms with Crippen LogP contribution in [-0.4, -0.2) is 52.7 Å². The van der Waals surface area contributed by atoms with Crippen LogP contribution in [0.25, 0.3) is 0 Å². The molecule has 2 heterocycles. The molecule has 2 unspecified atom stereocenters. The van der Waals surface area contributed by atoms with Crippen LogP contribution in [0.4, 0.5) is 0 Å². The molecule has 0 aromatic carbocycles. The summed E-state index contributed by atoms with van der Waals surface area (Å²) in [6.07, 6.45) is 1.20. The van der Waals surface area contributed by atoms with E-state index in [1.165, 1.54) is 11.3 Å². The van der Waals surface area contributed by atoms with Crippen LogP contribution in [-0.2, 0) is 9.53 Å². The first kappa shape index (κ1) is 13.5. The number of hydrogen-bond acceptors (Lipinski definition) is 5. The highest BCUT2D eigenvalue weighted by molar-refractivity contribution is 5.93. The second-order valence-corrected chi connectivity index (χ2v) is 4.41. The number of ether oxygens (including phenoxy) is 1. The third-order valence-corrected chi connectivity index (χ3v) is 3.31. The van der Waals surface area contributed by atoms with Gasteiger partial charge >= 0.3 is 5.97 Å². The molecule has 2 atom stereocenters. The smallest absolute Gasteiger partial charge is 0.311 e. The van der Waals surface area contributed by atoms with E-state index in [1.54, 1.807) is 13.8 Å². The van der Waals surface area contributed by atoms with Gasteiger partial charge in [0.2, 0.25) is 5.76 Å². The lowest BCUT2D eigenvalue weighted by Crippen LogP contribution is -2.46. The number of aromatic nitrogens is 1. The van der Waals surface area contributed by atoms with Crippen LogP contribution >= 0.6 is 0 Å². The average Bonchev–Trinajstić information content (AvgIpc) is 2.98. The minimum atomic E-state index is -0.956. The SMILES string of the molecule is CCN(C(=O)c1ocnc1C)C1COCC1C(=O)O. The van der Waals surface area contributed by atoms with Crippen molar-refractivity contribution in [3.05, 3.63) is 17.8 Å². The van der Waals surface area contributed by atoms with Crippen molar-refractivity contribution in [2.24, 2.45) is 5.92 Å². The highest BCUT2D eigenvalue weighted by atomic mass is 16.5. The molecule has 1 aliphatic heterocycles. The van der Waals surface area contributed by atoms with Crippen LogP contribution in [0.15, 0.2) is 10.8 Å². The van der Waals surface area contributed by atoms with Gasteiger partial charge in [0.1, 0.15) is 5.92 Å². The van der Waals surface area contributed by atoms with E-state index in [4.69, 9.17) is 14.3 Å². The highest BCUT2D eigenvalue weighted by Gasteiger charge is 2.40. The van der Waals surface area contributed by atoms with Crippen LogP contribution in [0.3, 0.4) is 0 Å². The van der Waals surface area contributed by atoms with E-state index in [0.29, 0.717) is 12.2 Å². The van der Waals surface area contributed by atoms with Crippen LogP contribution in [0.2, 0.25) is 0 Å². The van der Waals surface area contributed by atoms with Crippen molar-refractivity contribution in [1.29, 1.82) is 0 Å². The van der Waals surface area contributed by atoms with E-state index >= 15 is 0 Å². The lowest BCUT2D eigenvalue weighted by atomic mass is 10.0. The largest absolute Gasteiger partial charge is 0.481 e. The Morgan fingerprint density at radius 1 is 1.53 bits per heavy atom. The maximum Gasteiger partial charge on any atom is 0.311 e. The van der Waals surface area contributed by atoms with Crippen LogP contribution in [0.1, 0.15) is 23.2 Å². The fourth-order valence-corrected chi connectivity index (χ4v) is 2.25. The van der Waals surface area contributed by atoms with E-state index in [-0.39, 0.29) is 24.9 Å². The number of hydrogen-bond donors (Lipinski definition) is 1. The normalized spacial score (nSPS) is 22.4. The van der Waals surface area contributed by atoms with Gasteiger partial charge in [0.05, 0.1) is 24.9 Å². The van der Waals surface area contributed by atoms with Gasteiger partial charge in [0.25, 0.3) is 5.91 Å². The fraction of sp³-hybridized carbons (Fsp3) is 0.583. The minimum absolute atomic E-state index is 0.124. The van der Waals surface area contributed by atoms with Crippen molar-refractivity contribution in [2.75, 3.05) is 19.8 Å². The Kier molecular flexibility index (Phi) is 3.84. The standard InChI is InChI=1S/C12H16N2O5/c1-3-14(9-5-18-4-8(9)12(16)17)11(15)10-7(2)13-6-19-10/h6,8-9H,3-5H2,1-2H3,(H,16,17). The molecule has 104 valence electrons. The zero-order valence-electron chi connectivity index (χ0n) is 10.8. The van der Waals surface area contributed by atoms with Gasteiger partial charge in [-0.2, -0.15) is 0 Å². The number of carbonyl (C=O) groups excluding carboxylic acids is 1. The number of nitrogens with zero attached hydrogens (tertiary/aromatic N) is 2. The second kappa shape index (κ2) is 5.40. The van der Waals surface area contributed by atoms with E-state index in [1.807, 2.05) is 0 Å². The number of carboxylic acid groups (broad SMARTS) is 1. The summed E-state index contributed by atoms with van der Waals surface area (Å²) in [6, 6.07) is -0.473. The summed E-state index contributed by atoms with van der Waals surface area (Å²) in [5.74, 6) is -1.85. The zero-order valence-corrected chi connectivity index (χ0v) is 10.8. The summed E-state index contributed by atoms with van der Waals surface area (Å²) < 4.78 is 10.3. The molecule has 1 aromatic heterocycles. The van der Waals surface area contributed by atoms with Crippen LogP contribution in [0.5, 0.6) is 0 Å². The maximum absolute atomic E-state index is 12.4. The number of carboxylic acids is 1. The third kappa shape index (κ3) is 2.46. The Hall–Kier alpha value is -1.89. The predicted molar refractivity (Wildman–Crippen MR) is 63.7 cm³/mol. The van der Waals surface area contributed by atoms with Gasteiger partial charge in [-0.05, 0) is 13.8 Å². The van der Waals surface area contributed by atoms with Crippen molar-refractivity contribution >= 4 is 11.9 Å². The Labute approximate surface area is 110 Å². The molecule has 1 aromatic rings. The number of amides is 1. The molecule has 2 rings (SSSR count). The summed E-state index contributed by atoms with van der Waals surface area (Å²) >= 11 is 0. The lowest BCUT2D eigenvalue weighted by molar-refractivity contribution is -0.142. The van der Waals surface area contributed by atoms with E-state index in [9.17, 15) is 9.59 Å². The average molecular weight is 268 g/mol. The van der Waals surface area contributed by atoms with Gasteiger partial charge < -0.3 is 19.2 Å². The highest BCUT2D eigenvalue weighted by Crippen LogP contribution is 2.22. The monoisotopic (exact) mass is 268 g/mol. The van der Waals surface area contributed by atoms with Gasteiger partial charge in [0.15, 0.2) is 6.39 Å². The summed E-state index contributed by atoms with van der Waals surface area (Å²) in [6.45, 7) is 4.20. The molecule has 0 radical (unpaired) electrons. The number of carbonyl (C=O) groups is 2. The summed E-state index contributed by atoms with van der Waals surface area (Å²) in [4.78, 5) is 28.9. The molecule has 0 bridgehead atoms. The quantitative estimate of drug-likeness (QED) is 0.857. The van der Waals surface area contributed by atoms with Crippen molar-refractivity contribution in [3.63, 3.8) is 0 Å². The maximum atomic E-state index is 12.4. The topological polar surface area (TPSA) is 92.9 Å². The number of likely N-dealkylation sites (N-methyl/N-ethyl adjacent to an activating group) is 1. The molecule has 7 heteroatoms. The summed E-state index contributed by atoms with van der Waals surface area (Å²) in [5.41, 5.74) is 0.495. The van der Waals surface area contributed by atoms with Gasteiger partial charge in [-0.3, -0.25) is 9.59 Å². The van der Waals surface area contributed by atoms with Gasteiger partial charge in [-0.1, -0.05) is 0 Å². The number of oxazole rings is 1. The Balaban J connectivity index is 2.23. The molecule has 1 saturated heterocycles. The fourth-order valence-electron chi connectivity index (χ4n) is 2.25. The molecule has 0 saturated carbocycles. The Morgan fingerprint density at radius 2 is 2.26 bits per heavy atom. The summed E-state index contributed by atoms with van der Waals surface area (Å²) in [7, 11) is 0. The molecule has 0 spiro atoms. The van der Waals surface area contributed by atoms with Crippen molar-refractivity contribution in [1.82, 2.24) is 9.88 Å². The second-order valence-electron chi connectivity index (χ2n) is 4.41. The van der Waals surface area contributed by atoms with Gasteiger partial charge in [-0.15, -0.1) is 0 Å². The molecule has 19 heavy (non-hydrogen) atoms. The molecule has 1 aliphatic rings. The molecule has 1 fully saturated rings. The van der Waals surface area contributed by atoms with E-state index < -0.39 is 17.9 Å². The predicted octanol–water partition coefficient (Wildman–Crippen LogP) is 0.545. The van der Waals surface area contributed by atoms with Gasteiger partial charge in [0, 0.05) is 6.54 Å². The Morgan fingerprint density at radius 3 is 2.79 bits per heavy atom. The molecule has 7 nitrogen and oxygen atoms in total. The van der Waals surface area contributed by atoms with Gasteiger partial charge in [-0.25, -0.2) is 4.98 Å². The molecular formula is C12H16N2O5. The van der Waals surface area contributed by atoms with Crippen molar-refractivity contribution in [2.45, 2.75) is 19.9 Å². The number of aryl methyl sites for hydroxylation is 1.